The summed E-state index contributed by atoms with van der Waals surface area (Å²) in [6.45, 7) is 7.85. The molecule has 0 N–H and O–H groups in total. The van der Waals surface area contributed by atoms with Gasteiger partial charge in [-0.1, -0.05) is 19.6 Å². The van der Waals surface area contributed by atoms with Gasteiger partial charge in [0.25, 0.3) is 0 Å². The molecule has 28 heavy (non-hydrogen) atoms. The SMILES string of the molecule is C=C(C)C1=N[C@H](c2nc(/C=C/[C@H](OC)[C@@H](C)/C(=C\C(=O)OC)OC)cs2)CS1. The number of methoxy groups -OCH3 is 3. The third-order valence-electron chi connectivity index (χ3n) is 4.21. The van der Waals surface area contributed by atoms with Gasteiger partial charge in [-0.25, -0.2) is 9.78 Å². The largest absolute Gasteiger partial charge is 0.500 e. The molecule has 6 nitrogen and oxygen atoms in total. The van der Waals surface area contributed by atoms with Crippen LogP contribution in [-0.2, 0) is 19.0 Å². The van der Waals surface area contributed by atoms with Crippen LogP contribution >= 0.6 is 23.1 Å². The van der Waals surface area contributed by atoms with E-state index >= 15 is 0 Å². The van der Waals surface area contributed by atoms with Crippen molar-refractivity contribution >= 4 is 40.2 Å². The maximum atomic E-state index is 11.5. The number of ether oxygens (including phenoxy) is 3. The number of thioether (sulfide) groups is 1. The summed E-state index contributed by atoms with van der Waals surface area (Å²) >= 11 is 3.32. The minimum absolute atomic E-state index is 0.0871. The van der Waals surface area contributed by atoms with Gasteiger partial charge in [0.15, 0.2) is 0 Å². The summed E-state index contributed by atoms with van der Waals surface area (Å²) in [5.74, 6) is 0.756. The number of nitrogens with zero attached hydrogens (tertiary/aromatic N) is 2. The zero-order valence-electron chi connectivity index (χ0n) is 16.8. The van der Waals surface area contributed by atoms with Crippen molar-refractivity contribution in [2.45, 2.75) is 26.0 Å². The number of esters is 1. The number of carbonyl (C=O) groups is 1. The van der Waals surface area contributed by atoms with E-state index in [4.69, 9.17) is 14.5 Å². The highest BCUT2D eigenvalue weighted by Gasteiger charge is 2.23. The summed E-state index contributed by atoms with van der Waals surface area (Å²) in [6, 6.07) is 0.0871. The maximum absolute atomic E-state index is 11.5. The molecule has 152 valence electrons. The molecule has 2 heterocycles. The number of rotatable bonds is 9. The fraction of sp³-hybridized carbons (Fsp3) is 0.450. The van der Waals surface area contributed by atoms with Crippen molar-refractivity contribution < 1.29 is 19.0 Å². The quantitative estimate of drug-likeness (QED) is 0.336. The molecule has 0 radical (unpaired) electrons. The summed E-state index contributed by atoms with van der Waals surface area (Å²) in [6.07, 6.45) is 4.89. The first-order valence-electron chi connectivity index (χ1n) is 8.76. The van der Waals surface area contributed by atoms with Crippen LogP contribution in [0, 0.1) is 5.92 Å². The summed E-state index contributed by atoms with van der Waals surface area (Å²) in [4.78, 5) is 20.9. The molecule has 0 aliphatic carbocycles. The lowest BCUT2D eigenvalue weighted by molar-refractivity contribution is -0.135. The van der Waals surface area contributed by atoms with Gasteiger partial charge in [0.1, 0.15) is 16.8 Å². The van der Waals surface area contributed by atoms with Gasteiger partial charge in [-0.3, -0.25) is 4.99 Å². The van der Waals surface area contributed by atoms with Crippen molar-refractivity contribution in [1.29, 1.82) is 0 Å². The van der Waals surface area contributed by atoms with E-state index in [0.29, 0.717) is 5.76 Å². The number of thiazole rings is 1. The third kappa shape index (κ3) is 5.80. The van der Waals surface area contributed by atoms with Crippen LogP contribution in [0.2, 0.25) is 0 Å². The van der Waals surface area contributed by atoms with Crippen LogP contribution in [0.4, 0.5) is 0 Å². The molecule has 2 rings (SSSR count). The predicted octanol–water partition coefficient (Wildman–Crippen LogP) is 4.27. The number of aromatic nitrogens is 1. The van der Waals surface area contributed by atoms with E-state index in [1.54, 1.807) is 30.2 Å². The molecule has 0 bridgehead atoms. The zero-order chi connectivity index (χ0) is 20.7. The topological polar surface area (TPSA) is 70.0 Å². The lowest BCUT2D eigenvalue weighted by Gasteiger charge is -2.21. The zero-order valence-corrected chi connectivity index (χ0v) is 18.4. The summed E-state index contributed by atoms with van der Waals surface area (Å²) < 4.78 is 15.6. The molecule has 1 aromatic rings. The number of carbonyl (C=O) groups excluding carboxylic acids is 1. The average Bonchev–Trinajstić information content (AvgIpc) is 3.35. The summed E-state index contributed by atoms with van der Waals surface area (Å²) in [7, 11) is 4.47. The molecule has 0 saturated heterocycles. The second-order valence-corrected chi connectivity index (χ2v) is 8.17. The first-order chi connectivity index (χ1) is 13.4. The minimum atomic E-state index is -0.462. The Kier molecular flexibility index (Phi) is 8.47. The van der Waals surface area contributed by atoms with E-state index in [1.807, 2.05) is 31.4 Å². The molecular weight excluding hydrogens is 396 g/mol. The predicted molar refractivity (Wildman–Crippen MR) is 116 cm³/mol. The summed E-state index contributed by atoms with van der Waals surface area (Å²) in [5.41, 5.74) is 1.85. The van der Waals surface area contributed by atoms with Crippen LogP contribution in [0.15, 0.2) is 40.4 Å². The highest BCUT2D eigenvalue weighted by atomic mass is 32.2. The smallest absolute Gasteiger partial charge is 0.333 e. The number of hydrogen-bond acceptors (Lipinski definition) is 8. The van der Waals surface area contributed by atoms with E-state index < -0.39 is 5.97 Å². The Morgan fingerprint density at radius 1 is 1.36 bits per heavy atom. The average molecular weight is 423 g/mol. The van der Waals surface area contributed by atoms with Crippen molar-refractivity contribution in [2.75, 3.05) is 27.1 Å². The van der Waals surface area contributed by atoms with Crippen molar-refractivity contribution in [1.82, 2.24) is 4.98 Å². The molecule has 1 aliphatic rings. The monoisotopic (exact) mass is 422 g/mol. The Balaban J connectivity index is 2.09. The second kappa shape index (κ2) is 10.6. The van der Waals surface area contributed by atoms with Gasteiger partial charge in [-0.2, -0.15) is 0 Å². The molecule has 0 fully saturated rings. The van der Waals surface area contributed by atoms with Crippen LogP contribution < -0.4 is 0 Å². The first kappa shape index (κ1) is 22.4. The van der Waals surface area contributed by atoms with Crippen LogP contribution in [0.3, 0.4) is 0 Å². The highest BCUT2D eigenvalue weighted by Crippen LogP contribution is 2.34. The Labute approximate surface area is 174 Å². The van der Waals surface area contributed by atoms with Gasteiger partial charge in [-0.05, 0) is 18.6 Å². The first-order valence-corrected chi connectivity index (χ1v) is 10.6. The number of hydrogen-bond donors (Lipinski definition) is 0. The molecule has 0 unspecified atom stereocenters. The molecule has 0 amide bonds. The second-order valence-electron chi connectivity index (χ2n) is 6.27. The van der Waals surface area contributed by atoms with E-state index in [-0.39, 0.29) is 18.1 Å². The van der Waals surface area contributed by atoms with Crippen LogP contribution in [0.1, 0.15) is 30.6 Å². The van der Waals surface area contributed by atoms with Gasteiger partial charge >= 0.3 is 5.97 Å². The molecule has 0 spiro atoms. The molecule has 1 aromatic heterocycles. The normalized spacial score (nSPS) is 19.4. The Bertz CT molecular complexity index is 798. The Morgan fingerprint density at radius 2 is 2.11 bits per heavy atom. The Hall–Kier alpha value is -1.90. The fourth-order valence-electron chi connectivity index (χ4n) is 2.62. The minimum Gasteiger partial charge on any atom is -0.500 e. The van der Waals surface area contributed by atoms with Gasteiger partial charge in [0.05, 0.1) is 37.1 Å². The van der Waals surface area contributed by atoms with Crippen molar-refractivity contribution in [3.63, 3.8) is 0 Å². The van der Waals surface area contributed by atoms with Gasteiger partial charge < -0.3 is 14.2 Å². The van der Waals surface area contributed by atoms with Gasteiger partial charge in [0, 0.05) is 24.2 Å². The third-order valence-corrected chi connectivity index (χ3v) is 6.38. The molecule has 1 aliphatic heterocycles. The lowest BCUT2D eigenvalue weighted by atomic mass is 10.0. The van der Waals surface area contributed by atoms with Crippen molar-refractivity contribution in [3.05, 3.63) is 46.1 Å². The number of aliphatic imine (C=N–C) groups is 1. The van der Waals surface area contributed by atoms with Crippen molar-refractivity contribution in [2.24, 2.45) is 10.9 Å². The lowest BCUT2D eigenvalue weighted by Crippen LogP contribution is -2.21. The standard InChI is InChI=1S/C20H26N2O4S2/c1-12(2)19-22-15(11-28-19)20-21-14(10-27-20)7-8-16(24-4)13(3)17(25-5)9-18(23)26-6/h7-10,13,15-16H,1,11H2,2-6H3/b8-7+,17-9+/t13-,15+,16+/m1/s1. The van der Waals surface area contributed by atoms with Gasteiger partial charge in [0.2, 0.25) is 0 Å². The molecule has 0 aromatic carbocycles. The van der Waals surface area contributed by atoms with Gasteiger partial charge in [-0.15, -0.1) is 23.1 Å². The molecule has 0 saturated carbocycles. The highest BCUT2D eigenvalue weighted by molar-refractivity contribution is 8.14. The van der Waals surface area contributed by atoms with E-state index in [1.165, 1.54) is 20.3 Å². The van der Waals surface area contributed by atoms with E-state index in [9.17, 15) is 4.79 Å². The Morgan fingerprint density at radius 3 is 2.68 bits per heavy atom. The fourth-order valence-corrected chi connectivity index (χ4v) is 4.55. The van der Waals surface area contributed by atoms with E-state index in [0.717, 1.165) is 27.1 Å². The molecule has 8 heteroatoms. The van der Waals surface area contributed by atoms with Crippen LogP contribution in [0.5, 0.6) is 0 Å². The van der Waals surface area contributed by atoms with E-state index in [2.05, 4.69) is 16.3 Å². The molecule has 3 atom stereocenters. The maximum Gasteiger partial charge on any atom is 0.333 e. The van der Waals surface area contributed by atoms with Crippen molar-refractivity contribution in [3.8, 4) is 0 Å². The molecular formula is C20H26N2O4S2. The van der Waals surface area contributed by atoms with Crippen LogP contribution in [-0.4, -0.2) is 49.2 Å². The summed E-state index contributed by atoms with van der Waals surface area (Å²) in [5, 5.41) is 4.01. The van der Waals surface area contributed by atoms with Crippen LogP contribution in [0.25, 0.3) is 6.08 Å².